The lowest BCUT2D eigenvalue weighted by molar-refractivity contribution is 0.122. The number of hydrogen-bond acceptors (Lipinski definition) is 8. The number of rotatable bonds is 10. The van der Waals surface area contributed by atoms with Crippen LogP contribution in [0, 0.1) is 13.8 Å². The summed E-state index contributed by atoms with van der Waals surface area (Å²) in [4.78, 5) is 1.72. The topological polar surface area (TPSA) is 102 Å². The minimum Gasteiger partial charge on any atom is -0.492 e. The fourth-order valence-electron chi connectivity index (χ4n) is 4.27. The molecule has 1 aliphatic rings. The van der Waals surface area contributed by atoms with Gasteiger partial charge in [-0.3, -0.25) is 0 Å². The first kappa shape index (κ1) is 28.7. The van der Waals surface area contributed by atoms with Gasteiger partial charge in [-0.05, 0) is 52.0 Å². The molecule has 0 unspecified atom stereocenters. The van der Waals surface area contributed by atoms with Crippen molar-refractivity contribution in [2.75, 3.05) is 48.1 Å². The van der Waals surface area contributed by atoms with Crippen molar-refractivity contribution in [3.05, 3.63) is 71.8 Å². The Balaban J connectivity index is 2.01. The number of sulfonamides is 2. The number of hydrogen-bond donors (Lipinski definition) is 0. The van der Waals surface area contributed by atoms with Gasteiger partial charge in [0.2, 0.25) is 0 Å². The Kier molecular flexibility index (Phi) is 8.73. The van der Waals surface area contributed by atoms with Gasteiger partial charge in [0.05, 0.1) is 41.9 Å². The van der Waals surface area contributed by atoms with Crippen molar-refractivity contribution < 1.29 is 31.0 Å². The molecule has 1 fully saturated rings. The summed E-state index contributed by atoms with van der Waals surface area (Å²) in [5.74, 6) is 0.454. The lowest BCUT2D eigenvalue weighted by atomic mass is 10.2. The van der Waals surface area contributed by atoms with Gasteiger partial charge in [-0.1, -0.05) is 35.4 Å². The maximum Gasteiger partial charge on any atom is 0.277 e. The zero-order chi connectivity index (χ0) is 28.2. The SMILES string of the molecule is CCOc1cc(N(S(=O)(=O)c2ccc(C)cc2)S(=O)(=O)c2ccc(C)cc2)c(OCC)cc1N1CCOCC1. The van der Waals surface area contributed by atoms with Crippen molar-refractivity contribution in [2.24, 2.45) is 0 Å². The third kappa shape index (κ3) is 6.00. The maximum atomic E-state index is 14.2. The van der Waals surface area contributed by atoms with Gasteiger partial charge in [0.25, 0.3) is 20.0 Å². The average Bonchev–Trinajstić information content (AvgIpc) is 2.91. The molecular formula is C28H34N2O7S2. The summed E-state index contributed by atoms with van der Waals surface area (Å²) in [6.07, 6.45) is 0. The quantitative estimate of drug-likeness (QED) is 0.348. The molecule has 0 amide bonds. The third-order valence-corrected chi connectivity index (χ3v) is 10.4. The molecule has 0 spiro atoms. The van der Waals surface area contributed by atoms with Crippen molar-refractivity contribution in [1.29, 1.82) is 0 Å². The molecule has 1 saturated heterocycles. The van der Waals surface area contributed by atoms with E-state index in [0.29, 0.717) is 48.1 Å². The van der Waals surface area contributed by atoms with Crippen LogP contribution in [-0.2, 0) is 24.8 Å². The first-order chi connectivity index (χ1) is 18.6. The Morgan fingerprint density at radius 3 is 1.67 bits per heavy atom. The lowest BCUT2D eigenvalue weighted by Crippen LogP contribution is -2.38. The molecule has 39 heavy (non-hydrogen) atoms. The van der Waals surface area contributed by atoms with E-state index in [4.69, 9.17) is 14.2 Å². The Labute approximate surface area is 231 Å². The highest BCUT2D eigenvalue weighted by atomic mass is 32.3. The fraction of sp³-hybridized carbons (Fsp3) is 0.357. The van der Waals surface area contributed by atoms with E-state index in [0.717, 1.165) is 11.1 Å². The lowest BCUT2D eigenvalue weighted by Gasteiger charge is -2.32. The van der Waals surface area contributed by atoms with Crippen LogP contribution in [0.15, 0.2) is 70.5 Å². The van der Waals surface area contributed by atoms with Crippen LogP contribution in [0.2, 0.25) is 0 Å². The van der Waals surface area contributed by atoms with Crippen LogP contribution < -0.4 is 18.1 Å². The van der Waals surface area contributed by atoms with Gasteiger partial charge in [-0.15, -0.1) is 0 Å². The zero-order valence-corrected chi connectivity index (χ0v) is 24.2. The Morgan fingerprint density at radius 1 is 0.744 bits per heavy atom. The van der Waals surface area contributed by atoms with E-state index in [-0.39, 0.29) is 27.8 Å². The molecule has 1 aliphatic heterocycles. The third-order valence-electron chi connectivity index (χ3n) is 6.26. The highest BCUT2D eigenvalue weighted by molar-refractivity contribution is 8.10. The number of ether oxygens (including phenoxy) is 3. The predicted octanol–water partition coefficient (Wildman–Crippen LogP) is 4.52. The highest BCUT2D eigenvalue weighted by Crippen LogP contribution is 2.44. The molecule has 0 saturated carbocycles. The minimum atomic E-state index is -4.62. The number of nitrogens with zero attached hydrogens (tertiary/aromatic N) is 2. The van der Waals surface area contributed by atoms with Crippen LogP contribution in [0.1, 0.15) is 25.0 Å². The van der Waals surface area contributed by atoms with Gasteiger partial charge in [-0.25, -0.2) is 16.8 Å². The van der Waals surface area contributed by atoms with Gasteiger partial charge < -0.3 is 19.1 Å². The van der Waals surface area contributed by atoms with E-state index in [1.165, 1.54) is 30.3 Å². The summed E-state index contributed by atoms with van der Waals surface area (Å²) in [5.41, 5.74) is 2.20. The van der Waals surface area contributed by atoms with Crippen LogP contribution in [0.5, 0.6) is 11.5 Å². The first-order valence-corrected chi connectivity index (χ1v) is 15.7. The standard InChI is InChI=1S/C28H34N2O7S2/c1-5-36-27-20-26(28(37-6-2)19-25(27)29-15-17-35-18-16-29)30(38(31,32)23-11-7-21(3)8-12-23)39(33,34)24-13-9-22(4)10-14-24/h7-14,19-20H,5-6,15-18H2,1-4H3. The molecule has 0 radical (unpaired) electrons. The van der Waals surface area contributed by atoms with E-state index in [2.05, 4.69) is 0 Å². The second kappa shape index (κ2) is 11.8. The number of aryl methyl sites for hydroxylation is 2. The molecule has 11 heteroatoms. The molecule has 210 valence electrons. The average molecular weight is 575 g/mol. The second-order valence-corrected chi connectivity index (χ2v) is 12.9. The van der Waals surface area contributed by atoms with Gasteiger partial charge in [0, 0.05) is 25.2 Å². The van der Waals surface area contributed by atoms with Crippen molar-refractivity contribution >= 4 is 31.4 Å². The molecule has 0 aromatic heterocycles. The van der Waals surface area contributed by atoms with Crippen LogP contribution in [0.25, 0.3) is 0 Å². The summed E-state index contributed by atoms with van der Waals surface area (Å²) < 4.78 is 74.4. The van der Waals surface area contributed by atoms with Crippen molar-refractivity contribution in [2.45, 2.75) is 37.5 Å². The largest absolute Gasteiger partial charge is 0.492 e. The van der Waals surface area contributed by atoms with E-state index >= 15 is 0 Å². The van der Waals surface area contributed by atoms with Crippen molar-refractivity contribution in [3.63, 3.8) is 0 Å². The molecule has 9 nitrogen and oxygen atoms in total. The molecule has 4 rings (SSSR count). The van der Waals surface area contributed by atoms with Crippen LogP contribution >= 0.6 is 0 Å². The number of anilines is 2. The minimum absolute atomic E-state index is 0.105. The van der Waals surface area contributed by atoms with Crippen LogP contribution in [-0.4, -0.2) is 56.4 Å². The summed E-state index contributed by atoms with van der Waals surface area (Å²) in [6.45, 7) is 9.92. The highest BCUT2D eigenvalue weighted by Gasteiger charge is 2.40. The molecule has 0 N–H and O–H groups in total. The Morgan fingerprint density at radius 2 is 1.21 bits per heavy atom. The van der Waals surface area contributed by atoms with Gasteiger partial charge >= 0.3 is 0 Å². The monoisotopic (exact) mass is 574 g/mol. The molecule has 3 aromatic carbocycles. The molecule has 1 heterocycles. The van der Waals surface area contributed by atoms with Crippen LogP contribution in [0.3, 0.4) is 0 Å². The zero-order valence-electron chi connectivity index (χ0n) is 22.6. The summed E-state index contributed by atoms with van der Waals surface area (Å²) in [6, 6.07) is 15.2. The smallest absolute Gasteiger partial charge is 0.277 e. The number of morpholine rings is 1. The molecule has 0 bridgehead atoms. The molecule has 3 aromatic rings. The van der Waals surface area contributed by atoms with Crippen molar-refractivity contribution in [3.8, 4) is 11.5 Å². The van der Waals surface area contributed by atoms with E-state index in [1.807, 2.05) is 25.7 Å². The Bertz CT molecular complexity index is 1420. The number of benzene rings is 3. The molecule has 0 atom stereocenters. The maximum absolute atomic E-state index is 14.2. The summed E-state index contributed by atoms with van der Waals surface area (Å²) in [7, 11) is -9.24. The van der Waals surface area contributed by atoms with E-state index in [1.54, 1.807) is 37.3 Å². The van der Waals surface area contributed by atoms with Gasteiger partial charge in [-0.2, -0.15) is 3.71 Å². The second-order valence-electron chi connectivity index (χ2n) is 9.09. The fourth-order valence-corrected chi connectivity index (χ4v) is 7.97. The summed E-state index contributed by atoms with van der Waals surface area (Å²) >= 11 is 0. The molecule has 0 aliphatic carbocycles. The first-order valence-electron chi connectivity index (χ1n) is 12.8. The molecular weight excluding hydrogens is 540 g/mol. The normalized spacial score (nSPS) is 14.2. The van der Waals surface area contributed by atoms with Gasteiger partial charge in [0.1, 0.15) is 17.2 Å². The summed E-state index contributed by atoms with van der Waals surface area (Å²) in [5, 5.41) is 0. The van der Waals surface area contributed by atoms with Crippen molar-refractivity contribution in [1.82, 2.24) is 0 Å². The van der Waals surface area contributed by atoms with E-state index in [9.17, 15) is 16.8 Å². The Hall–Kier alpha value is -3.28. The van der Waals surface area contributed by atoms with Crippen LogP contribution in [0.4, 0.5) is 11.4 Å². The van der Waals surface area contributed by atoms with Gasteiger partial charge in [0.15, 0.2) is 0 Å². The predicted molar refractivity (Wildman–Crippen MR) is 151 cm³/mol. The van der Waals surface area contributed by atoms with E-state index < -0.39 is 20.0 Å².